The predicted molar refractivity (Wildman–Crippen MR) is 62.8 cm³/mol. The molecule has 5 nitrogen and oxygen atoms in total. The van der Waals surface area contributed by atoms with Crippen molar-refractivity contribution in [2.24, 2.45) is 5.41 Å². The van der Waals surface area contributed by atoms with Crippen LogP contribution in [0.25, 0.3) is 11.0 Å². The molecule has 0 aromatic carbocycles. The lowest BCUT2D eigenvalue weighted by molar-refractivity contribution is -0.134. The summed E-state index contributed by atoms with van der Waals surface area (Å²) in [7, 11) is 0. The molecule has 2 aromatic heterocycles. The van der Waals surface area contributed by atoms with Gasteiger partial charge in [-0.2, -0.15) is 0 Å². The molecular weight excluding hydrogens is 216 g/mol. The van der Waals surface area contributed by atoms with Crippen molar-refractivity contribution in [2.75, 3.05) is 18.0 Å². The Balaban J connectivity index is 1.64. The normalized spacial score (nSPS) is 21.6. The van der Waals surface area contributed by atoms with E-state index in [1.165, 1.54) is 0 Å². The van der Waals surface area contributed by atoms with Crippen LogP contribution in [0.2, 0.25) is 0 Å². The molecule has 1 N–H and O–H groups in total. The number of nitrogens with one attached hydrogen (secondary N) is 1. The van der Waals surface area contributed by atoms with Crippen molar-refractivity contribution in [3.63, 3.8) is 0 Å². The van der Waals surface area contributed by atoms with Gasteiger partial charge in [0.25, 0.3) is 0 Å². The maximum absolute atomic E-state index is 11.1. The van der Waals surface area contributed by atoms with Gasteiger partial charge in [-0.1, -0.05) is 0 Å². The summed E-state index contributed by atoms with van der Waals surface area (Å²) in [6.45, 7) is 1.91. The summed E-state index contributed by atoms with van der Waals surface area (Å²) in [4.78, 5) is 24.9. The van der Waals surface area contributed by atoms with Crippen molar-refractivity contribution in [1.29, 1.82) is 0 Å². The van der Waals surface area contributed by atoms with Crippen LogP contribution >= 0.6 is 0 Å². The molecule has 3 heterocycles. The van der Waals surface area contributed by atoms with E-state index in [1.807, 2.05) is 12.3 Å². The molecule has 1 spiro atoms. The minimum Gasteiger partial charge on any atom is -0.355 e. The van der Waals surface area contributed by atoms with Crippen LogP contribution in [-0.4, -0.2) is 33.8 Å². The molecule has 1 saturated carbocycles. The van der Waals surface area contributed by atoms with Crippen molar-refractivity contribution >= 4 is 22.6 Å². The fourth-order valence-corrected chi connectivity index (χ4v) is 3.03. The summed E-state index contributed by atoms with van der Waals surface area (Å²) in [6.07, 6.45) is 4.98. The van der Waals surface area contributed by atoms with Gasteiger partial charge in [0, 0.05) is 37.5 Å². The fourth-order valence-electron chi connectivity index (χ4n) is 3.03. The Bertz CT molecular complexity index is 602. The number of aromatic nitrogens is 3. The number of carbonyl (C=O) groups is 1. The Labute approximate surface area is 97.9 Å². The molecule has 0 radical (unpaired) electrons. The Hall–Kier alpha value is -1.91. The van der Waals surface area contributed by atoms with E-state index in [1.54, 1.807) is 6.33 Å². The molecular formula is C12H12N4O. The number of carbonyl (C=O) groups excluding carboxylic acids is 1. The number of Topliss-reactive ketones (excluding diaryl/α,β-unsaturated/α-hetero) is 1. The van der Waals surface area contributed by atoms with E-state index in [4.69, 9.17) is 0 Å². The van der Waals surface area contributed by atoms with Crippen molar-refractivity contribution in [3.8, 4) is 0 Å². The lowest BCUT2D eigenvalue weighted by Crippen LogP contribution is -2.63. The predicted octanol–water partition coefficient (Wildman–Crippen LogP) is 1.13. The summed E-state index contributed by atoms with van der Waals surface area (Å²) in [6, 6.07) is 2.00. The monoisotopic (exact) mass is 228 g/mol. The quantitative estimate of drug-likeness (QED) is 0.794. The Morgan fingerprint density at radius 3 is 2.88 bits per heavy atom. The Kier molecular flexibility index (Phi) is 1.54. The average Bonchev–Trinajstić information content (AvgIpc) is 2.69. The van der Waals surface area contributed by atoms with Gasteiger partial charge in [-0.15, -0.1) is 0 Å². The second-order valence-corrected chi connectivity index (χ2v) is 5.19. The fraction of sp³-hybridized carbons (Fsp3) is 0.417. The number of rotatable bonds is 1. The first-order valence-corrected chi connectivity index (χ1v) is 5.81. The van der Waals surface area contributed by atoms with Crippen LogP contribution in [0.15, 0.2) is 18.6 Å². The van der Waals surface area contributed by atoms with Crippen LogP contribution in [-0.2, 0) is 4.79 Å². The number of H-pyrrole nitrogens is 1. The highest BCUT2D eigenvalue weighted by molar-refractivity contribution is 5.90. The molecule has 17 heavy (non-hydrogen) atoms. The average molecular weight is 228 g/mol. The first-order chi connectivity index (χ1) is 8.26. The summed E-state index contributed by atoms with van der Waals surface area (Å²) >= 11 is 0. The number of hydrogen-bond acceptors (Lipinski definition) is 4. The van der Waals surface area contributed by atoms with E-state index in [9.17, 15) is 4.79 Å². The molecule has 0 unspecified atom stereocenters. The highest BCUT2D eigenvalue weighted by atomic mass is 16.1. The number of hydrogen-bond donors (Lipinski definition) is 1. The number of fused-ring (bicyclic) bond motifs is 1. The molecule has 1 aliphatic heterocycles. The SMILES string of the molecule is O=C1CC2(C1)CN(c1ncnc3[nH]ccc13)C2. The molecule has 1 aliphatic carbocycles. The first kappa shape index (κ1) is 9.15. The van der Waals surface area contributed by atoms with E-state index in [0.29, 0.717) is 5.78 Å². The van der Waals surface area contributed by atoms with Crippen molar-refractivity contribution in [1.82, 2.24) is 15.0 Å². The molecule has 2 fully saturated rings. The van der Waals surface area contributed by atoms with E-state index in [-0.39, 0.29) is 5.41 Å². The largest absolute Gasteiger partial charge is 0.355 e. The third kappa shape index (κ3) is 1.16. The second kappa shape index (κ2) is 2.85. The molecule has 0 bridgehead atoms. The molecule has 5 heteroatoms. The van der Waals surface area contributed by atoms with Gasteiger partial charge in [0.15, 0.2) is 0 Å². The van der Waals surface area contributed by atoms with E-state index < -0.39 is 0 Å². The smallest absolute Gasteiger partial charge is 0.142 e. The summed E-state index contributed by atoms with van der Waals surface area (Å²) in [5.41, 5.74) is 1.14. The number of anilines is 1. The topological polar surface area (TPSA) is 61.9 Å². The molecule has 0 atom stereocenters. The zero-order chi connectivity index (χ0) is 11.5. The molecule has 2 aromatic rings. The van der Waals surface area contributed by atoms with Crippen LogP contribution < -0.4 is 4.90 Å². The highest BCUT2D eigenvalue weighted by Gasteiger charge is 2.52. The molecule has 86 valence electrons. The zero-order valence-corrected chi connectivity index (χ0v) is 9.31. The molecule has 4 rings (SSSR count). The number of ketones is 1. The standard InChI is InChI=1S/C12H12N4O/c17-8-3-12(4-8)5-16(6-12)11-9-1-2-13-10(9)14-7-15-11/h1-2,7H,3-6H2,(H,13,14,15). The summed E-state index contributed by atoms with van der Waals surface area (Å²) in [5, 5.41) is 1.06. The van der Waals surface area contributed by atoms with Crippen LogP contribution in [0.4, 0.5) is 5.82 Å². The second-order valence-electron chi connectivity index (χ2n) is 5.19. The minimum absolute atomic E-state index is 0.269. The van der Waals surface area contributed by atoms with Gasteiger partial charge in [0.1, 0.15) is 23.6 Å². The van der Waals surface area contributed by atoms with Gasteiger partial charge in [0.2, 0.25) is 0 Å². The lowest BCUT2D eigenvalue weighted by atomic mass is 9.63. The van der Waals surface area contributed by atoms with Crippen LogP contribution in [0.1, 0.15) is 12.8 Å². The van der Waals surface area contributed by atoms with Gasteiger partial charge in [0.05, 0.1) is 5.39 Å². The van der Waals surface area contributed by atoms with Gasteiger partial charge in [-0.3, -0.25) is 4.79 Å². The number of nitrogens with zero attached hydrogens (tertiary/aromatic N) is 3. The molecule has 2 aliphatic rings. The summed E-state index contributed by atoms with van der Waals surface area (Å²) in [5.74, 6) is 1.39. The van der Waals surface area contributed by atoms with Gasteiger partial charge in [-0.05, 0) is 6.07 Å². The number of aromatic amines is 1. The van der Waals surface area contributed by atoms with Gasteiger partial charge < -0.3 is 9.88 Å². The zero-order valence-electron chi connectivity index (χ0n) is 9.31. The maximum atomic E-state index is 11.1. The van der Waals surface area contributed by atoms with Crippen molar-refractivity contribution < 1.29 is 4.79 Å². The Morgan fingerprint density at radius 2 is 2.12 bits per heavy atom. The summed E-state index contributed by atoms with van der Waals surface area (Å²) < 4.78 is 0. The minimum atomic E-state index is 0.269. The van der Waals surface area contributed by atoms with E-state index >= 15 is 0 Å². The first-order valence-electron chi connectivity index (χ1n) is 5.81. The van der Waals surface area contributed by atoms with Gasteiger partial charge in [-0.25, -0.2) is 9.97 Å². The highest BCUT2D eigenvalue weighted by Crippen LogP contribution is 2.47. The third-order valence-corrected chi connectivity index (χ3v) is 3.83. The van der Waals surface area contributed by atoms with E-state index in [2.05, 4.69) is 19.9 Å². The van der Waals surface area contributed by atoms with Crippen LogP contribution in [0, 0.1) is 5.41 Å². The van der Waals surface area contributed by atoms with Gasteiger partial charge >= 0.3 is 0 Å². The molecule has 1 saturated heterocycles. The maximum Gasteiger partial charge on any atom is 0.142 e. The van der Waals surface area contributed by atoms with E-state index in [0.717, 1.165) is 42.8 Å². The van der Waals surface area contributed by atoms with Crippen LogP contribution in [0.3, 0.4) is 0 Å². The van der Waals surface area contributed by atoms with Crippen molar-refractivity contribution in [2.45, 2.75) is 12.8 Å². The van der Waals surface area contributed by atoms with Crippen LogP contribution in [0.5, 0.6) is 0 Å². The molecule has 0 amide bonds. The van der Waals surface area contributed by atoms with Crippen molar-refractivity contribution in [3.05, 3.63) is 18.6 Å². The lowest BCUT2D eigenvalue weighted by Gasteiger charge is -2.55. The Morgan fingerprint density at radius 1 is 1.29 bits per heavy atom. The third-order valence-electron chi connectivity index (χ3n) is 3.83.